The van der Waals surface area contributed by atoms with Crippen molar-refractivity contribution in [2.75, 3.05) is 32.8 Å². The Morgan fingerprint density at radius 3 is 2.12 bits per heavy atom. The molecule has 1 fully saturated rings. The standard InChI is InChI=1S/C36H45N5O9/c1-6-47-35(46)40-21-19-39(20-22-40)33(44)28(17-18-31(42)50-36(3,4)5)37-32(43)29-23-30(41(38-29)27-15-11-8-12-16-27)49-25(2)34(45)48-24-26-13-9-7-10-14-26/h7-16,23,25,28H,6,17-22,24H2,1-5H3,(H,37,43)/t25-,28?/m1/s1. The van der Waals surface area contributed by atoms with Crippen molar-refractivity contribution in [3.05, 3.63) is 78.0 Å². The molecule has 1 aromatic heterocycles. The maximum absolute atomic E-state index is 13.8. The summed E-state index contributed by atoms with van der Waals surface area (Å²) in [4.78, 5) is 68.1. The van der Waals surface area contributed by atoms with Gasteiger partial charge in [0.1, 0.15) is 18.2 Å². The molecule has 3 amide bonds. The number of amides is 3. The maximum atomic E-state index is 13.8. The number of aromatic nitrogens is 2. The van der Waals surface area contributed by atoms with Crippen LogP contribution in [-0.4, -0.2) is 100.0 Å². The molecule has 14 nitrogen and oxygen atoms in total. The Bertz CT molecular complexity index is 1610. The fraction of sp³-hybridized carbons (Fsp3) is 0.444. The van der Waals surface area contributed by atoms with Gasteiger partial charge in [-0.05, 0) is 58.7 Å². The molecule has 3 aromatic rings. The van der Waals surface area contributed by atoms with Gasteiger partial charge in [-0.3, -0.25) is 14.4 Å². The molecule has 0 spiro atoms. The van der Waals surface area contributed by atoms with Gasteiger partial charge in [0.25, 0.3) is 5.91 Å². The number of carbonyl (C=O) groups is 5. The lowest BCUT2D eigenvalue weighted by molar-refractivity contribution is -0.155. The van der Waals surface area contributed by atoms with E-state index in [1.54, 1.807) is 52.0 Å². The van der Waals surface area contributed by atoms with Crippen LogP contribution in [0.3, 0.4) is 0 Å². The van der Waals surface area contributed by atoms with Crippen molar-refractivity contribution in [3.8, 4) is 11.6 Å². The second-order valence-corrected chi connectivity index (χ2v) is 12.6. The fourth-order valence-corrected chi connectivity index (χ4v) is 5.08. The highest BCUT2D eigenvalue weighted by Crippen LogP contribution is 2.22. The zero-order valence-corrected chi connectivity index (χ0v) is 29.1. The Balaban J connectivity index is 1.51. The topological polar surface area (TPSA) is 159 Å². The van der Waals surface area contributed by atoms with Gasteiger partial charge in [-0.2, -0.15) is 5.10 Å². The molecule has 2 atom stereocenters. The third kappa shape index (κ3) is 10.8. The van der Waals surface area contributed by atoms with Crippen LogP contribution in [0, 0.1) is 0 Å². The molecule has 268 valence electrons. The van der Waals surface area contributed by atoms with E-state index in [-0.39, 0.29) is 63.8 Å². The first kappa shape index (κ1) is 37.4. The van der Waals surface area contributed by atoms with E-state index in [4.69, 9.17) is 18.9 Å². The lowest BCUT2D eigenvalue weighted by atomic mass is 10.1. The summed E-state index contributed by atoms with van der Waals surface area (Å²) >= 11 is 0. The predicted molar refractivity (Wildman–Crippen MR) is 181 cm³/mol. The van der Waals surface area contributed by atoms with Gasteiger partial charge in [0.15, 0.2) is 11.8 Å². The molecule has 0 aliphatic carbocycles. The highest BCUT2D eigenvalue weighted by molar-refractivity contribution is 5.96. The van der Waals surface area contributed by atoms with Gasteiger partial charge in [-0.15, -0.1) is 0 Å². The molecule has 1 aliphatic rings. The lowest BCUT2D eigenvalue weighted by Gasteiger charge is -2.36. The molecule has 1 aliphatic heterocycles. The van der Waals surface area contributed by atoms with Crippen LogP contribution in [0.15, 0.2) is 66.7 Å². The first-order chi connectivity index (χ1) is 23.8. The summed E-state index contributed by atoms with van der Waals surface area (Å²) in [6.45, 7) is 9.72. The smallest absolute Gasteiger partial charge is 0.409 e. The number of hydrogen-bond donors (Lipinski definition) is 1. The molecule has 1 N–H and O–H groups in total. The SMILES string of the molecule is CCOC(=O)N1CCN(C(=O)C(CCC(=O)OC(C)(C)C)NC(=O)c2cc(O[C@H](C)C(=O)OCc3ccccc3)n(-c3ccccc3)n2)CC1. The summed E-state index contributed by atoms with van der Waals surface area (Å²) in [6.07, 6.45) is -1.68. The Kier molecular flexibility index (Phi) is 13.0. The minimum absolute atomic E-state index is 0.0371. The van der Waals surface area contributed by atoms with Crippen molar-refractivity contribution < 1.29 is 42.9 Å². The Hall–Kier alpha value is -5.40. The molecule has 50 heavy (non-hydrogen) atoms. The molecule has 2 aromatic carbocycles. The van der Waals surface area contributed by atoms with Crippen molar-refractivity contribution in [2.45, 2.75) is 71.8 Å². The third-order valence-corrected chi connectivity index (χ3v) is 7.54. The van der Waals surface area contributed by atoms with Crippen LogP contribution in [-0.2, 0) is 35.2 Å². The molecule has 0 radical (unpaired) electrons. The van der Waals surface area contributed by atoms with Crippen molar-refractivity contribution in [2.24, 2.45) is 0 Å². The van der Waals surface area contributed by atoms with Gasteiger partial charge >= 0.3 is 18.0 Å². The summed E-state index contributed by atoms with van der Waals surface area (Å²) in [5, 5.41) is 7.20. The summed E-state index contributed by atoms with van der Waals surface area (Å²) < 4.78 is 23.3. The van der Waals surface area contributed by atoms with E-state index < -0.39 is 47.6 Å². The van der Waals surface area contributed by atoms with Crippen molar-refractivity contribution in [1.29, 1.82) is 0 Å². The van der Waals surface area contributed by atoms with Gasteiger partial charge in [-0.25, -0.2) is 14.3 Å². The van der Waals surface area contributed by atoms with Gasteiger partial charge in [0, 0.05) is 38.7 Å². The van der Waals surface area contributed by atoms with Crippen LogP contribution in [0.1, 0.15) is 63.5 Å². The molecule has 14 heteroatoms. The third-order valence-electron chi connectivity index (χ3n) is 7.54. The van der Waals surface area contributed by atoms with E-state index in [0.717, 1.165) is 5.56 Å². The van der Waals surface area contributed by atoms with Crippen LogP contribution >= 0.6 is 0 Å². The van der Waals surface area contributed by atoms with Crippen molar-refractivity contribution in [3.63, 3.8) is 0 Å². The number of nitrogens with one attached hydrogen (secondary N) is 1. The summed E-state index contributed by atoms with van der Waals surface area (Å²) in [7, 11) is 0. The summed E-state index contributed by atoms with van der Waals surface area (Å²) in [5.74, 6) is -2.15. The normalized spacial score (nSPS) is 14.3. The van der Waals surface area contributed by atoms with E-state index >= 15 is 0 Å². The number of para-hydroxylation sites is 1. The number of piperazine rings is 1. The van der Waals surface area contributed by atoms with Gasteiger partial charge in [0.05, 0.1) is 12.3 Å². The monoisotopic (exact) mass is 691 g/mol. The van der Waals surface area contributed by atoms with Crippen LogP contribution in [0.25, 0.3) is 5.69 Å². The number of nitrogens with zero attached hydrogens (tertiary/aromatic N) is 4. The molecule has 2 heterocycles. The second-order valence-electron chi connectivity index (χ2n) is 12.6. The molecular weight excluding hydrogens is 646 g/mol. The predicted octanol–water partition coefficient (Wildman–Crippen LogP) is 3.90. The second kappa shape index (κ2) is 17.3. The first-order valence-electron chi connectivity index (χ1n) is 16.6. The van der Waals surface area contributed by atoms with Crippen LogP contribution < -0.4 is 10.1 Å². The quantitative estimate of drug-likeness (QED) is 0.206. The number of hydrogen-bond acceptors (Lipinski definition) is 10. The minimum atomic E-state index is -1.11. The molecule has 0 saturated carbocycles. The van der Waals surface area contributed by atoms with Crippen molar-refractivity contribution >= 4 is 29.8 Å². The maximum Gasteiger partial charge on any atom is 0.409 e. The highest BCUT2D eigenvalue weighted by atomic mass is 16.6. The van der Waals surface area contributed by atoms with Crippen molar-refractivity contribution in [1.82, 2.24) is 24.9 Å². The molecule has 1 unspecified atom stereocenters. The zero-order valence-electron chi connectivity index (χ0n) is 29.1. The van der Waals surface area contributed by atoms with E-state index in [0.29, 0.717) is 5.69 Å². The summed E-state index contributed by atoms with van der Waals surface area (Å²) in [5.41, 5.74) is 0.562. The number of ether oxygens (including phenoxy) is 4. The summed E-state index contributed by atoms with van der Waals surface area (Å²) in [6, 6.07) is 18.4. The molecule has 0 bridgehead atoms. The van der Waals surface area contributed by atoms with Crippen LogP contribution in [0.2, 0.25) is 0 Å². The molecule has 1 saturated heterocycles. The lowest BCUT2D eigenvalue weighted by Crippen LogP contribution is -2.56. The first-order valence-corrected chi connectivity index (χ1v) is 16.6. The van der Waals surface area contributed by atoms with Gasteiger partial charge in [0.2, 0.25) is 11.8 Å². The van der Waals surface area contributed by atoms with E-state index in [1.165, 1.54) is 27.5 Å². The average molecular weight is 692 g/mol. The average Bonchev–Trinajstić information content (AvgIpc) is 3.52. The fourth-order valence-electron chi connectivity index (χ4n) is 5.08. The number of esters is 2. The van der Waals surface area contributed by atoms with Crippen LogP contribution in [0.4, 0.5) is 4.79 Å². The van der Waals surface area contributed by atoms with E-state index in [9.17, 15) is 24.0 Å². The Labute approximate surface area is 291 Å². The number of rotatable bonds is 13. The minimum Gasteiger partial charge on any atom is -0.463 e. The van der Waals surface area contributed by atoms with E-state index in [2.05, 4.69) is 10.4 Å². The Morgan fingerprint density at radius 1 is 0.880 bits per heavy atom. The molecular formula is C36H45N5O9. The highest BCUT2D eigenvalue weighted by Gasteiger charge is 2.32. The van der Waals surface area contributed by atoms with Crippen LogP contribution in [0.5, 0.6) is 5.88 Å². The van der Waals surface area contributed by atoms with E-state index in [1.807, 2.05) is 36.4 Å². The number of carbonyl (C=O) groups excluding carboxylic acids is 5. The zero-order chi connectivity index (χ0) is 36.3. The van der Waals surface area contributed by atoms with Gasteiger partial charge in [-0.1, -0.05) is 48.5 Å². The largest absolute Gasteiger partial charge is 0.463 e. The number of benzene rings is 2. The van der Waals surface area contributed by atoms with Gasteiger partial charge < -0.3 is 34.1 Å². The molecule has 4 rings (SSSR count). The Morgan fingerprint density at radius 2 is 1.50 bits per heavy atom.